The van der Waals surface area contributed by atoms with Crippen molar-refractivity contribution < 1.29 is 0 Å². The lowest BCUT2D eigenvalue weighted by Gasteiger charge is -2.30. The van der Waals surface area contributed by atoms with Crippen LogP contribution in [0.2, 0.25) is 0 Å². The monoisotopic (exact) mass is 230 g/mol. The number of benzene rings is 1. The van der Waals surface area contributed by atoms with E-state index in [-0.39, 0.29) is 0 Å². The van der Waals surface area contributed by atoms with Crippen LogP contribution >= 0.6 is 0 Å². The highest BCUT2D eigenvalue weighted by Gasteiger charge is 2.17. The molecule has 1 aliphatic rings. The minimum atomic E-state index is 0.608. The lowest BCUT2D eigenvalue weighted by Crippen LogP contribution is -2.39. The Hall–Kier alpha value is -1.71. The second-order valence-corrected chi connectivity index (χ2v) is 4.74. The van der Waals surface area contributed by atoms with Crippen LogP contribution in [-0.2, 0) is 0 Å². The van der Waals surface area contributed by atoms with Crippen molar-refractivity contribution in [2.45, 2.75) is 26.2 Å². The van der Waals surface area contributed by atoms with Crippen molar-refractivity contribution in [1.82, 2.24) is 9.66 Å². The average molecular weight is 230 g/mol. The summed E-state index contributed by atoms with van der Waals surface area (Å²) in [4.78, 5) is 4.45. The van der Waals surface area contributed by atoms with Crippen LogP contribution < -0.4 is 10.7 Å². The molecule has 0 amide bonds. The largest absolute Gasteiger partial charge is 0.368 e. The minimum Gasteiger partial charge on any atom is -0.368 e. The Morgan fingerprint density at radius 2 is 1.94 bits per heavy atom. The third-order valence-electron chi connectivity index (χ3n) is 3.50. The van der Waals surface area contributed by atoms with Crippen LogP contribution in [0.15, 0.2) is 18.2 Å². The molecule has 1 fully saturated rings. The van der Waals surface area contributed by atoms with E-state index in [1.165, 1.54) is 24.8 Å². The van der Waals surface area contributed by atoms with Crippen molar-refractivity contribution in [3.8, 4) is 0 Å². The maximum Gasteiger partial charge on any atom is 0.220 e. The van der Waals surface area contributed by atoms with Gasteiger partial charge in [-0.1, -0.05) is 12.1 Å². The molecular weight excluding hydrogens is 212 g/mol. The van der Waals surface area contributed by atoms with Crippen molar-refractivity contribution in [3.05, 3.63) is 23.8 Å². The number of para-hydroxylation sites is 1. The zero-order chi connectivity index (χ0) is 11.8. The highest BCUT2D eigenvalue weighted by Crippen LogP contribution is 2.23. The maximum atomic E-state index is 6.06. The number of aryl methyl sites for hydroxylation is 1. The first-order valence-electron chi connectivity index (χ1n) is 6.26. The van der Waals surface area contributed by atoms with Gasteiger partial charge in [-0.05, 0) is 37.8 Å². The van der Waals surface area contributed by atoms with E-state index in [9.17, 15) is 0 Å². The SMILES string of the molecule is Cc1cccc2nc(N)n(N3CCCCC3)c12. The van der Waals surface area contributed by atoms with Crippen LogP contribution in [0.3, 0.4) is 0 Å². The molecule has 0 radical (unpaired) electrons. The maximum absolute atomic E-state index is 6.06. The molecule has 0 atom stereocenters. The van der Waals surface area contributed by atoms with Gasteiger partial charge in [0.25, 0.3) is 0 Å². The standard InChI is InChI=1S/C13H18N4/c1-10-6-5-7-11-12(10)17(13(14)15-11)16-8-3-2-4-9-16/h5-7H,2-4,8-9H2,1H3,(H2,14,15). The molecular formula is C13H18N4. The predicted molar refractivity (Wildman–Crippen MR) is 70.7 cm³/mol. The number of hydrogen-bond donors (Lipinski definition) is 1. The molecule has 1 aliphatic heterocycles. The van der Waals surface area contributed by atoms with Gasteiger partial charge in [-0.15, -0.1) is 0 Å². The minimum absolute atomic E-state index is 0.608. The molecule has 2 N–H and O–H groups in total. The van der Waals surface area contributed by atoms with E-state index in [0.29, 0.717) is 5.95 Å². The fourth-order valence-corrected chi connectivity index (χ4v) is 2.66. The lowest BCUT2D eigenvalue weighted by molar-refractivity contribution is 0.489. The Bertz CT molecular complexity index is 538. The Kier molecular flexibility index (Phi) is 2.42. The van der Waals surface area contributed by atoms with E-state index in [4.69, 9.17) is 5.73 Å². The van der Waals surface area contributed by atoms with Crippen LogP contribution in [-0.4, -0.2) is 22.7 Å². The first-order chi connectivity index (χ1) is 8.27. The number of rotatable bonds is 1. The smallest absolute Gasteiger partial charge is 0.220 e. The Morgan fingerprint density at radius 1 is 1.18 bits per heavy atom. The van der Waals surface area contributed by atoms with Crippen LogP contribution in [0.5, 0.6) is 0 Å². The van der Waals surface area contributed by atoms with Gasteiger partial charge in [-0.2, -0.15) is 0 Å². The van der Waals surface area contributed by atoms with Gasteiger partial charge in [-0.3, -0.25) is 0 Å². The topological polar surface area (TPSA) is 47.1 Å². The van der Waals surface area contributed by atoms with E-state index < -0.39 is 0 Å². The van der Waals surface area contributed by atoms with E-state index in [2.05, 4.69) is 27.7 Å². The zero-order valence-corrected chi connectivity index (χ0v) is 10.2. The summed E-state index contributed by atoms with van der Waals surface area (Å²) in [5.41, 5.74) is 9.45. The van der Waals surface area contributed by atoms with E-state index >= 15 is 0 Å². The highest BCUT2D eigenvalue weighted by atomic mass is 15.6. The van der Waals surface area contributed by atoms with Gasteiger partial charge in [0.15, 0.2) is 0 Å². The summed E-state index contributed by atoms with van der Waals surface area (Å²) in [6.07, 6.45) is 3.80. The molecule has 1 aromatic carbocycles. The van der Waals surface area contributed by atoms with E-state index in [1.807, 2.05) is 12.1 Å². The summed E-state index contributed by atoms with van der Waals surface area (Å²) in [5, 5.41) is 2.32. The summed E-state index contributed by atoms with van der Waals surface area (Å²) < 4.78 is 2.10. The first-order valence-corrected chi connectivity index (χ1v) is 6.26. The molecule has 2 heterocycles. The van der Waals surface area contributed by atoms with Crippen molar-refractivity contribution in [2.24, 2.45) is 0 Å². The molecule has 2 aromatic rings. The normalized spacial score (nSPS) is 16.6. The van der Waals surface area contributed by atoms with Crippen molar-refractivity contribution in [3.63, 3.8) is 0 Å². The van der Waals surface area contributed by atoms with Gasteiger partial charge < -0.3 is 10.7 Å². The summed E-state index contributed by atoms with van der Waals surface area (Å²) in [7, 11) is 0. The Morgan fingerprint density at radius 3 is 2.71 bits per heavy atom. The summed E-state index contributed by atoms with van der Waals surface area (Å²) in [6, 6.07) is 6.17. The molecule has 90 valence electrons. The number of nitrogen functional groups attached to an aromatic ring is 1. The number of aromatic nitrogens is 2. The molecule has 4 nitrogen and oxygen atoms in total. The second kappa shape index (κ2) is 3.95. The number of fused-ring (bicyclic) bond motifs is 1. The fourth-order valence-electron chi connectivity index (χ4n) is 2.66. The molecule has 17 heavy (non-hydrogen) atoms. The van der Waals surface area contributed by atoms with E-state index in [1.54, 1.807) is 0 Å². The highest BCUT2D eigenvalue weighted by molar-refractivity contribution is 5.82. The molecule has 0 bridgehead atoms. The van der Waals surface area contributed by atoms with Gasteiger partial charge >= 0.3 is 0 Å². The third-order valence-corrected chi connectivity index (χ3v) is 3.50. The molecule has 0 unspecified atom stereocenters. The predicted octanol–water partition coefficient (Wildman–Crippen LogP) is 2.05. The molecule has 0 saturated carbocycles. The van der Waals surface area contributed by atoms with Gasteiger partial charge in [0.1, 0.15) is 0 Å². The van der Waals surface area contributed by atoms with Crippen LogP contribution in [0.1, 0.15) is 24.8 Å². The summed E-state index contributed by atoms with van der Waals surface area (Å²) >= 11 is 0. The number of piperidine rings is 1. The molecule has 1 saturated heterocycles. The van der Waals surface area contributed by atoms with E-state index in [0.717, 1.165) is 24.1 Å². The van der Waals surface area contributed by atoms with Gasteiger partial charge in [0, 0.05) is 13.1 Å². The van der Waals surface area contributed by atoms with Gasteiger partial charge in [0.2, 0.25) is 5.95 Å². The third kappa shape index (κ3) is 1.64. The number of hydrogen-bond acceptors (Lipinski definition) is 3. The summed E-state index contributed by atoms with van der Waals surface area (Å²) in [6.45, 7) is 4.26. The molecule has 0 aliphatic carbocycles. The van der Waals surface area contributed by atoms with Crippen LogP contribution in [0, 0.1) is 6.92 Å². The van der Waals surface area contributed by atoms with Gasteiger partial charge in [0.05, 0.1) is 11.0 Å². The zero-order valence-electron chi connectivity index (χ0n) is 10.2. The quantitative estimate of drug-likeness (QED) is 0.815. The van der Waals surface area contributed by atoms with Crippen LogP contribution in [0.4, 0.5) is 5.95 Å². The Labute approximate surface area is 101 Å². The molecule has 1 aromatic heterocycles. The lowest BCUT2D eigenvalue weighted by atomic mass is 10.1. The number of imidazole rings is 1. The second-order valence-electron chi connectivity index (χ2n) is 4.74. The number of nitrogens with zero attached hydrogens (tertiary/aromatic N) is 3. The molecule has 4 heteroatoms. The Balaban J connectivity index is 2.16. The van der Waals surface area contributed by atoms with Crippen LogP contribution in [0.25, 0.3) is 11.0 Å². The average Bonchev–Trinajstić information content (AvgIpc) is 2.68. The number of nitrogens with two attached hydrogens (primary N) is 1. The first kappa shape index (κ1) is 10.4. The molecule has 3 rings (SSSR count). The fraction of sp³-hybridized carbons (Fsp3) is 0.462. The van der Waals surface area contributed by atoms with Crippen molar-refractivity contribution >= 4 is 17.0 Å². The van der Waals surface area contributed by atoms with Crippen molar-refractivity contribution in [2.75, 3.05) is 23.8 Å². The molecule has 0 spiro atoms. The van der Waals surface area contributed by atoms with Crippen molar-refractivity contribution in [1.29, 1.82) is 0 Å². The van der Waals surface area contributed by atoms with Gasteiger partial charge in [-0.25, -0.2) is 9.66 Å². The number of anilines is 1. The summed E-state index contributed by atoms with van der Waals surface area (Å²) in [5.74, 6) is 0.608.